The van der Waals surface area contributed by atoms with Crippen molar-refractivity contribution in [2.75, 3.05) is 13.2 Å². The van der Waals surface area contributed by atoms with Crippen molar-refractivity contribution in [2.24, 2.45) is 0 Å². The van der Waals surface area contributed by atoms with Crippen LogP contribution in [0, 0.1) is 12.3 Å². The third kappa shape index (κ3) is 9.06. The van der Waals surface area contributed by atoms with Crippen LogP contribution in [0.3, 0.4) is 0 Å². The number of hydrogen-bond acceptors (Lipinski definition) is 5. The van der Waals surface area contributed by atoms with Gasteiger partial charge in [-0.1, -0.05) is 37.8 Å². The zero-order valence-electron chi connectivity index (χ0n) is 21.2. The Labute approximate surface area is 203 Å². The lowest BCUT2D eigenvalue weighted by atomic mass is 10.00. The second kappa shape index (κ2) is 13.6. The average molecular weight is 474 g/mol. The van der Waals surface area contributed by atoms with E-state index in [1.54, 1.807) is 58.9 Å². The van der Waals surface area contributed by atoms with Gasteiger partial charge < -0.3 is 25.4 Å². The number of unbranched alkanes of at least 4 members (excludes halogenated alkanes) is 2. The lowest BCUT2D eigenvalue weighted by molar-refractivity contribution is -0.145. The van der Waals surface area contributed by atoms with E-state index in [-0.39, 0.29) is 5.91 Å². The summed E-state index contributed by atoms with van der Waals surface area (Å²) in [7, 11) is 0. The van der Waals surface area contributed by atoms with E-state index in [0.717, 1.165) is 19.3 Å². The van der Waals surface area contributed by atoms with E-state index >= 15 is 0 Å². The van der Waals surface area contributed by atoms with Crippen LogP contribution in [0.15, 0.2) is 24.3 Å². The Bertz CT molecular complexity index is 853. The first-order valence-electron chi connectivity index (χ1n) is 11.7. The number of amides is 3. The molecule has 0 aliphatic rings. The number of nitrogens with zero attached hydrogens (tertiary/aromatic N) is 1. The van der Waals surface area contributed by atoms with Gasteiger partial charge in [-0.25, -0.2) is 4.79 Å². The van der Waals surface area contributed by atoms with Crippen LogP contribution in [0.1, 0.15) is 78.0 Å². The molecule has 0 aliphatic carbocycles. The van der Waals surface area contributed by atoms with Crippen LogP contribution >= 0.6 is 0 Å². The molecule has 0 aliphatic heterocycles. The van der Waals surface area contributed by atoms with E-state index in [1.165, 1.54) is 4.90 Å². The minimum atomic E-state index is -1.28. The second-order valence-electron chi connectivity index (χ2n) is 9.39. The number of terminal acetylenes is 1. The fourth-order valence-corrected chi connectivity index (χ4v) is 3.38. The molecular weight excluding hydrogens is 434 g/mol. The van der Waals surface area contributed by atoms with Crippen LogP contribution in [0.25, 0.3) is 0 Å². The fourth-order valence-electron chi connectivity index (χ4n) is 3.38. The molecule has 34 heavy (non-hydrogen) atoms. The van der Waals surface area contributed by atoms with Crippen molar-refractivity contribution in [3.05, 3.63) is 35.4 Å². The van der Waals surface area contributed by atoms with Gasteiger partial charge >= 0.3 is 6.09 Å². The molecule has 0 saturated carbocycles. The molecule has 188 valence electrons. The molecule has 0 aromatic heterocycles. The van der Waals surface area contributed by atoms with Gasteiger partial charge in [0, 0.05) is 18.2 Å². The Hall–Kier alpha value is -3.05. The number of rotatable bonds is 11. The Morgan fingerprint density at radius 2 is 1.76 bits per heavy atom. The molecular formula is C26H39N3O5. The van der Waals surface area contributed by atoms with Gasteiger partial charge in [0.25, 0.3) is 0 Å². The highest BCUT2D eigenvalue weighted by Gasteiger charge is 2.37. The van der Waals surface area contributed by atoms with E-state index in [0.29, 0.717) is 17.7 Å². The Kier molecular flexibility index (Phi) is 11.6. The summed E-state index contributed by atoms with van der Waals surface area (Å²) in [6.07, 6.45) is 7.43. The molecule has 0 spiro atoms. The lowest BCUT2D eigenvalue weighted by Crippen LogP contribution is -2.56. The molecule has 0 heterocycles. The van der Waals surface area contributed by atoms with Crippen LogP contribution < -0.4 is 10.6 Å². The monoisotopic (exact) mass is 473 g/mol. The average Bonchev–Trinajstić information content (AvgIpc) is 2.76. The van der Waals surface area contributed by atoms with Crippen molar-refractivity contribution < 1.29 is 24.2 Å². The molecule has 0 saturated heterocycles. The molecule has 2 unspecified atom stereocenters. The molecule has 1 aromatic carbocycles. The predicted octanol–water partition coefficient (Wildman–Crippen LogP) is 3.14. The molecule has 1 rings (SSSR count). The Morgan fingerprint density at radius 1 is 1.15 bits per heavy atom. The number of alkyl carbamates (subject to hydrolysis) is 1. The summed E-state index contributed by atoms with van der Waals surface area (Å²) in [6, 6.07) is 4.16. The maximum atomic E-state index is 13.5. The van der Waals surface area contributed by atoms with Gasteiger partial charge in [0.2, 0.25) is 11.8 Å². The maximum Gasteiger partial charge on any atom is 0.408 e. The van der Waals surface area contributed by atoms with Crippen molar-refractivity contribution in [1.82, 2.24) is 15.5 Å². The zero-order chi connectivity index (χ0) is 25.9. The number of benzene rings is 1. The first-order chi connectivity index (χ1) is 15.9. The third-order valence-electron chi connectivity index (χ3n) is 4.98. The van der Waals surface area contributed by atoms with Gasteiger partial charge in [-0.05, 0) is 58.7 Å². The SMILES string of the molecule is C#Cc1ccc(C(C(=O)NCCCCC)N(C(=O)C(CO)NC(=O)OC(C)(C)C)C(C)C)cc1. The fraction of sp³-hybridized carbons (Fsp3) is 0.577. The number of aliphatic hydroxyl groups is 1. The minimum absolute atomic E-state index is 0.347. The van der Waals surface area contributed by atoms with Crippen LogP contribution in [0.5, 0.6) is 0 Å². The predicted molar refractivity (Wildman–Crippen MR) is 132 cm³/mol. The van der Waals surface area contributed by atoms with E-state index in [4.69, 9.17) is 11.2 Å². The number of aliphatic hydroxyl groups excluding tert-OH is 1. The van der Waals surface area contributed by atoms with Gasteiger partial charge in [-0.15, -0.1) is 6.42 Å². The first-order valence-corrected chi connectivity index (χ1v) is 11.7. The normalized spacial score (nSPS) is 12.9. The molecule has 3 amide bonds. The van der Waals surface area contributed by atoms with E-state index in [2.05, 4.69) is 23.5 Å². The highest BCUT2D eigenvalue weighted by molar-refractivity contribution is 5.92. The second-order valence-corrected chi connectivity index (χ2v) is 9.39. The van der Waals surface area contributed by atoms with E-state index in [1.807, 2.05) is 0 Å². The maximum absolute atomic E-state index is 13.5. The third-order valence-corrected chi connectivity index (χ3v) is 4.98. The number of carbonyl (C=O) groups excluding carboxylic acids is 3. The molecule has 0 fully saturated rings. The summed E-state index contributed by atoms with van der Waals surface area (Å²) in [6.45, 7) is 10.5. The summed E-state index contributed by atoms with van der Waals surface area (Å²) in [5.74, 6) is 1.59. The van der Waals surface area contributed by atoms with Crippen molar-refractivity contribution in [1.29, 1.82) is 0 Å². The smallest absolute Gasteiger partial charge is 0.408 e. The number of carbonyl (C=O) groups is 3. The van der Waals surface area contributed by atoms with Crippen LogP contribution in [-0.4, -0.2) is 58.8 Å². The summed E-state index contributed by atoms with van der Waals surface area (Å²) in [5, 5.41) is 15.2. The van der Waals surface area contributed by atoms with Gasteiger partial charge in [-0.2, -0.15) is 0 Å². The quantitative estimate of drug-likeness (QED) is 0.338. The van der Waals surface area contributed by atoms with Crippen molar-refractivity contribution in [2.45, 2.75) is 84.5 Å². The number of ether oxygens (including phenoxy) is 1. The highest BCUT2D eigenvalue weighted by atomic mass is 16.6. The van der Waals surface area contributed by atoms with Crippen LogP contribution in [0.4, 0.5) is 4.79 Å². The first kappa shape index (κ1) is 29.0. The highest BCUT2D eigenvalue weighted by Crippen LogP contribution is 2.25. The van der Waals surface area contributed by atoms with Crippen LogP contribution in [-0.2, 0) is 14.3 Å². The Balaban J connectivity index is 3.29. The molecule has 0 radical (unpaired) electrons. The minimum Gasteiger partial charge on any atom is -0.444 e. The van der Waals surface area contributed by atoms with E-state index < -0.39 is 42.3 Å². The molecule has 3 N–H and O–H groups in total. The molecule has 1 aromatic rings. The molecule has 2 atom stereocenters. The van der Waals surface area contributed by atoms with Gasteiger partial charge in [0.05, 0.1) is 6.61 Å². The lowest BCUT2D eigenvalue weighted by Gasteiger charge is -2.36. The molecule has 0 bridgehead atoms. The van der Waals surface area contributed by atoms with E-state index in [9.17, 15) is 19.5 Å². The van der Waals surface area contributed by atoms with Gasteiger partial charge in [0.1, 0.15) is 17.7 Å². The standard InChI is InChI=1S/C26H39N3O5/c1-8-10-11-16-27-23(31)22(20-14-12-19(9-2)13-15-20)29(18(3)4)24(32)21(17-30)28-25(33)34-26(5,6)7/h2,12-15,18,21-22,30H,8,10-11,16-17H2,1,3-7H3,(H,27,31)(H,28,33). The topological polar surface area (TPSA) is 108 Å². The van der Waals surface area contributed by atoms with Gasteiger partial charge in [0.15, 0.2) is 0 Å². The van der Waals surface area contributed by atoms with Crippen molar-refractivity contribution in [3.8, 4) is 12.3 Å². The van der Waals surface area contributed by atoms with Crippen molar-refractivity contribution in [3.63, 3.8) is 0 Å². The summed E-state index contributed by atoms with van der Waals surface area (Å²) in [5.41, 5.74) is 0.445. The summed E-state index contributed by atoms with van der Waals surface area (Å²) >= 11 is 0. The van der Waals surface area contributed by atoms with Gasteiger partial charge in [-0.3, -0.25) is 9.59 Å². The molecule has 8 nitrogen and oxygen atoms in total. The molecule has 8 heteroatoms. The largest absolute Gasteiger partial charge is 0.444 e. The summed E-state index contributed by atoms with van der Waals surface area (Å²) < 4.78 is 5.22. The van der Waals surface area contributed by atoms with Crippen molar-refractivity contribution >= 4 is 17.9 Å². The Morgan fingerprint density at radius 3 is 2.24 bits per heavy atom. The van der Waals surface area contributed by atoms with Crippen LogP contribution in [0.2, 0.25) is 0 Å². The number of hydrogen-bond donors (Lipinski definition) is 3. The number of nitrogens with one attached hydrogen (secondary N) is 2. The zero-order valence-corrected chi connectivity index (χ0v) is 21.2. The summed E-state index contributed by atoms with van der Waals surface area (Å²) in [4.78, 5) is 40.5.